The molecule has 33 nitrogen and oxygen atoms in total. The van der Waals surface area contributed by atoms with Gasteiger partial charge in [-0.25, -0.2) is 4.79 Å². The van der Waals surface area contributed by atoms with Crippen LogP contribution in [0.5, 0.6) is 0 Å². The van der Waals surface area contributed by atoms with Gasteiger partial charge in [0.05, 0.1) is 25.3 Å². The van der Waals surface area contributed by atoms with Crippen molar-refractivity contribution in [2.24, 2.45) is 55.1 Å². The van der Waals surface area contributed by atoms with Gasteiger partial charge in [-0.05, 0) is 93.0 Å². The zero-order valence-corrected chi connectivity index (χ0v) is 55.2. The third-order valence-corrected chi connectivity index (χ3v) is 18.5. The Kier molecular flexibility index (Phi) is 28.7. The smallest absolute Gasteiger partial charge is 0.326 e. The fourth-order valence-corrected chi connectivity index (χ4v) is 13.5. The molecule has 0 spiro atoms. The monoisotopic (exact) mass is 1380 g/mol. The number of benzene rings is 3. The number of thioether (sulfide) groups is 1. The number of aliphatic imine (C=N–C) groups is 3. The summed E-state index contributed by atoms with van der Waals surface area (Å²) in [7, 11) is 0. The third-order valence-electron chi connectivity index (χ3n) is 17.3. The normalized spacial score (nSPS) is 20.5. The second-order valence-corrected chi connectivity index (χ2v) is 25.9. The SMILES string of the molecule is NC(N)=NCCCC(N)C(=O)NC(CCCN=C(N)N)C(=O)N1CCCC1C(=O)N1CC(O)CC1C(=O)NCC(=O)NC(Cc1ccccc1)C(=O)NC(CO)C(=O)NC(C(=O)N1CC(Sc2ccccc2)CC1C(=O)NC(CCCN=C(N)N)C(=O)O)C1Cc2ccccc2CN1. The van der Waals surface area contributed by atoms with Crippen LogP contribution < -0.4 is 77.4 Å². The number of guanidine groups is 3. The predicted molar refractivity (Wildman–Crippen MR) is 363 cm³/mol. The number of aliphatic hydroxyl groups excluding tert-OH is 2. The summed E-state index contributed by atoms with van der Waals surface area (Å²) in [6.45, 7) is -1.23. The van der Waals surface area contributed by atoms with Crippen molar-refractivity contribution in [1.82, 2.24) is 51.9 Å². The van der Waals surface area contributed by atoms with Crippen LogP contribution in [-0.4, -0.2) is 231 Å². The highest BCUT2D eigenvalue weighted by molar-refractivity contribution is 8.00. The number of hydrogen-bond donors (Lipinski definition) is 17. The first-order valence-corrected chi connectivity index (χ1v) is 33.5. The Bertz CT molecular complexity index is 3360. The lowest BCUT2D eigenvalue weighted by atomic mass is 9.91. The summed E-state index contributed by atoms with van der Waals surface area (Å²) < 4.78 is 0. The molecule has 0 bridgehead atoms. The van der Waals surface area contributed by atoms with E-state index in [4.69, 9.17) is 40.1 Å². The maximum Gasteiger partial charge on any atom is 0.326 e. The molecule has 4 heterocycles. The number of likely N-dealkylation sites (tertiary alicyclic amines) is 3. The van der Waals surface area contributed by atoms with Crippen LogP contribution in [0.2, 0.25) is 0 Å². The number of hydrogen-bond acceptors (Lipinski definition) is 18. The first-order chi connectivity index (χ1) is 46.9. The lowest BCUT2D eigenvalue weighted by molar-refractivity contribution is -0.148. The molecule has 3 fully saturated rings. The van der Waals surface area contributed by atoms with E-state index < -0.39 is 139 Å². The van der Waals surface area contributed by atoms with Crippen molar-refractivity contribution in [1.29, 1.82) is 0 Å². The van der Waals surface area contributed by atoms with E-state index >= 15 is 4.79 Å². The first kappa shape index (κ1) is 75.7. The van der Waals surface area contributed by atoms with Crippen molar-refractivity contribution in [2.75, 3.05) is 52.4 Å². The minimum absolute atomic E-state index is 0.00603. The number of aliphatic carboxylic acids is 1. The van der Waals surface area contributed by atoms with Crippen LogP contribution in [0.1, 0.15) is 80.9 Å². The first-order valence-electron chi connectivity index (χ1n) is 32.6. The maximum atomic E-state index is 15.4. The standard InChI is InChI=1S/C64H92N20O13S/c65-42(19-9-23-72-62(66)67)53(88)78-43(20-10-24-73-63(68)69)58(93)82-26-12-22-48(82)59(94)83-33-39(86)29-49(83)56(91)76-32-51(87)77-46(27-36-13-3-1-4-14-36)54(89)80-47(35-85)55(90)81-52(45-28-37-15-7-8-16-38(37)31-75-45)60(95)84-34-41(98-40-17-5-2-6-18-40)30-50(84)57(92)79-44(61(96)97)21-11-25-74-64(70)71/h1-8,13-18,39,41-50,52,75,85-86H,9-12,19-35,65H2,(H,76,91)(H,77,87)(H,78,88)(H,79,92)(H,80,89)(H,81,90)(H,96,97)(H4,66,67,72)(H4,68,69,73)(H4,70,71,74). The van der Waals surface area contributed by atoms with Crippen LogP contribution in [0.3, 0.4) is 0 Å². The number of rotatable bonds is 34. The number of carbonyl (C=O) groups excluding carboxylic acids is 9. The lowest BCUT2D eigenvalue weighted by Crippen LogP contribution is -2.64. The molecule has 0 aliphatic carbocycles. The molecule has 4 aliphatic heterocycles. The molecule has 0 saturated carbocycles. The van der Waals surface area contributed by atoms with Gasteiger partial charge >= 0.3 is 5.97 Å². The van der Waals surface area contributed by atoms with Gasteiger partial charge in [0.15, 0.2) is 17.9 Å². The van der Waals surface area contributed by atoms with Crippen molar-refractivity contribution in [3.8, 4) is 0 Å². The highest BCUT2D eigenvalue weighted by atomic mass is 32.2. The van der Waals surface area contributed by atoms with Gasteiger partial charge in [0, 0.05) is 74.8 Å². The Morgan fingerprint density at radius 1 is 0.602 bits per heavy atom. The Hall–Kier alpha value is -9.64. The van der Waals surface area contributed by atoms with E-state index in [0.717, 1.165) is 20.9 Å². The average Bonchev–Trinajstić information content (AvgIpc) is 1.59. The molecule has 12 atom stereocenters. The van der Waals surface area contributed by atoms with Crippen molar-refractivity contribution in [3.05, 3.63) is 102 Å². The molecule has 4 aliphatic rings. The van der Waals surface area contributed by atoms with Crippen molar-refractivity contribution < 1.29 is 63.3 Å². The minimum Gasteiger partial charge on any atom is -0.480 e. The Labute approximate surface area is 571 Å². The summed E-state index contributed by atoms with van der Waals surface area (Å²) >= 11 is 1.41. The number of carbonyl (C=O) groups is 10. The molecule has 3 aromatic carbocycles. The van der Waals surface area contributed by atoms with Crippen LogP contribution in [0.4, 0.5) is 0 Å². The fourth-order valence-electron chi connectivity index (χ4n) is 12.3. The van der Waals surface area contributed by atoms with Gasteiger partial charge in [0.1, 0.15) is 48.3 Å². The van der Waals surface area contributed by atoms with Gasteiger partial charge in [-0.15, -0.1) is 11.8 Å². The van der Waals surface area contributed by atoms with Crippen LogP contribution in [0.15, 0.2) is 105 Å². The molecule has 12 unspecified atom stereocenters. The second-order valence-electron chi connectivity index (χ2n) is 24.5. The summed E-state index contributed by atoms with van der Waals surface area (Å²) in [5, 5.41) is 50.7. The summed E-state index contributed by atoms with van der Waals surface area (Å²) in [5.74, 6) is -8.88. The molecular weight excluding hydrogens is 1290 g/mol. The molecular formula is C64H92N20O13S. The van der Waals surface area contributed by atoms with Gasteiger partial charge in [0.25, 0.3) is 0 Å². The molecule has 0 radical (unpaired) electrons. The van der Waals surface area contributed by atoms with Gasteiger partial charge < -0.3 is 107 Å². The zero-order chi connectivity index (χ0) is 71.0. The predicted octanol–water partition coefficient (Wildman–Crippen LogP) is -5.24. The molecule has 98 heavy (non-hydrogen) atoms. The largest absolute Gasteiger partial charge is 0.480 e. The summed E-state index contributed by atoms with van der Waals surface area (Å²) in [4.78, 5) is 158. The van der Waals surface area contributed by atoms with Crippen LogP contribution in [0, 0.1) is 0 Å². The molecule has 7 rings (SSSR count). The number of amides is 9. The summed E-state index contributed by atoms with van der Waals surface area (Å²) in [5.41, 5.74) is 41.3. The van der Waals surface area contributed by atoms with Crippen LogP contribution >= 0.6 is 11.8 Å². The summed E-state index contributed by atoms with van der Waals surface area (Å²) in [6.07, 6.45) is 0.294. The molecule has 34 heteroatoms. The lowest BCUT2D eigenvalue weighted by Gasteiger charge is -2.36. The molecule has 532 valence electrons. The van der Waals surface area contributed by atoms with Gasteiger partial charge in [-0.3, -0.25) is 58.1 Å². The summed E-state index contributed by atoms with van der Waals surface area (Å²) in [6, 6.07) is 12.5. The number of β-amino-alcohol motifs (C(OH)–C–C–N with tert-alkyl or cyclic N) is 1. The van der Waals surface area contributed by atoms with E-state index in [1.165, 1.54) is 21.6 Å². The molecule has 3 saturated heterocycles. The van der Waals surface area contributed by atoms with Crippen molar-refractivity contribution in [3.63, 3.8) is 0 Å². The number of carboxylic acid groups (broad SMARTS) is 1. The molecule has 24 N–H and O–H groups in total. The van der Waals surface area contributed by atoms with Crippen molar-refractivity contribution >= 4 is 88.8 Å². The quantitative estimate of drug-likeness (QED) is 0.0151. The fraction of sp³-hybridized carbons (Fsp3) is 0.516. The van der Waals surface area contributed by atoms with E-state index in [2.05, 4.69) is 52.2 Å². The maximum absolute atomic E-state index is 15.4. The number of carboxylic acids is 1. The number of fused-ring (bicyclic) bond motifs is 1. The Balaban J connectivity index is 1.04. The molecule has 9 amide bonds. The highest BCUT2D eigenvalue weighted by Gasteiger charge is 2.48. The number of nitrogens with zero attached hydrogens (tertiary/aromatic N) is 6. The highest BCUT2D eigenvalue weighted by Crippen LogP contribution is 2.34. The zero-order valence-electron chi connectivity index (χ0n) is 54.4. The van der Waals surface area contributed by atoms with E-state index in [-0.39, 0.29) is 133 Å². The number of nitrogens with one attached hydrogen (secondary N) is 7. The van der Waals surface area contributed by atoms with E-state index in [1.807, 2.05) is 54.6 Å². The third kappa shape index (κ3) is 22.2. The van der Waals surface area contributed by atoms with E-state index in [9.17, 15) is 58.5 Å². The molecule has 3 aromatic rings. The molecule has 0 aromatic heterocycles. The number of aliphatic hydroxyl groups is 2. The minimum atomic E-state index is -1.75. The van der Waals surface area contributed by atoms with Gasteiger partial charge in [-0.1, -0.05) is 72.8 Å². The second kappa shape index (κ2) is 37.2. The van der Waals surface area contributed by atoms with E-state index in [1.54, 1.807) is 30.3 Å². The topological polar surface area (TPSA) is 545 Å². The number of nitrogens with two attached hydrogens (primary N) is 7. The average molecular weight is 1380 g/mol. The van der Waals surface area contributed by atoms with Crippen LogP contribution in [-0.2, 0) is 67.3 Å². The Morgan fingerprint density at radius 2 is 1.18 bits per heavy atom. The van der Waals surface area contributed by atoms with Crippen LogP contribution in [0.25, 0.3) is 0 Å². The van der Waals surface area contributed by atoms with E-state index in [0.29, 0.717) is 18.4 Å². The van der Waals surface area contributed by atoms with Gasteiger partial charge in [-0.2, -0.15) is 0 Å². The Morgan fingerprint density at radius 3 is 1.82 bits per heavy atom. The van der Waals surface area contributed by atoms with Gasteiger partial charge in [0.2, 0.25) is 53.2 Å². The van der Waals surface area contributed by atoms with Crippen molar-refractivity contribution in [2.45, 2.75) is 160 Å².